The molecule has 2 rings (SSSR count). The number of nitrogens with zero attached hydrogens (tertiary/aromatic N) is 3. The molecule has 0 saturated carbocycles. The van der Waals surface area contributed by atoms with Gasteiger partial charge in [-0.2, -0.15) is 0 Å². The minimum Gasteiger partial charge on any atom is -0.367 e. The maximum absolute atomic E-state index is 11.8. The fourth-order valence-corrected chi connectivity index (χ4v) is 1.96. The third-order valence-corrected chi connectivity index (χ3v) is 2.76. The third-order valence-electron chi connectivity index (χ3n) is 2.76. The molecule has 1 aliphatic rings. The van der Waals surface area contributed by atoms with Crippen LogP contribution in [0.25, 0.3) is 0 Å². The molecule has 0 saturated heterocycles. The van der Waals surface area contributed by atoms with Gasteiger partial charge in [0, 0.05) is 14.1 Å². The summed E-state index contributed by atoms with van der Waals surface area (Å²) in [6.45, 7) is 0.194. The smallest absolute Gasteiger partial charge is 0.332 e. The Morgan fingerprint density at radius 3 is 2.53 bits per heavy atom. The highest BCUT2D eigenvalue weighted by atomic mass is 16.5. The number of rotatable bonds is 2. The summed E-state index contributed by atoms with van der Waals surface area (Å²) in [5, 5.41) is 20.7. The molecule has 0 spiro atoms. The molecule has 1 aliphatic heterocycles. The first-order chi connectivity index (χ1) is 7.93. The van der Waals surface area contributed by atoms with Gasteiger partial charge in [-0.25, -0.2) is 4.79 Å². The van der Waals surface area contributed by atoms with Gasteiger partial charge in [-0.1, -0.05) is 0 Å². The van der Waals surface area contributed by atoms with Crippen LogP contribution in [0.4, 0.5) is 11.5 Å². The molecule has 0 aliphatic carbocycles. The third kappa shape index (κ3) is 1.71. The molecule has 8 nitrogen and oxygen atoms in total. The van der Waals surface area contributed by atoms with Crippen molar-refractivity contribution in [1.29, 1.82) is 0 Å². The van der Waals surface area contributed by atoms with Crippen LogP contribution in [0.5, 0.6) is 0 Å². The van der Waals surface area contributed by atoms with Gasteiger partial charge in [0.25, 0.3) is 5.56 Å². The summed E-state index contributed by atoms with van der Waals surface area (Å²) in [4.78, 5) is 25.1. The number of nitrogens with one attached hydrogen (secondary N) is 1. The van der Waals surface area contributed by atoms with Crippen molar-refractivity contribution in [1.82, 2.24) is 9.13 Å². The zero-order chi connectivity index (χ0) is 12.7. The largest absolute Gasteiger partial charge is 0.367 e. The van der Waals surface area contributed by atoms with E-state index in [1.165, 1.54) is 23.6 Å². The van der Waals surface area contributed by atoms with Crippen LogP contribution in [-0.2, 0) is 14.1 Å². The second-order valence-corrected chi connectivity index (χ2v) is 3.94. The van der Waals surface area contributed by atoms with Gasteiger partial charge in [-0.05, 0) is 0 Å². The SMILES string of the molecule is Cn1c2c(c(=O)n(C)c1=O)NCN2CC(O)O. The van der Waals surface area contributed by atoms with Crippen molar-refractivity contribution in [2.45, 2.75) is 6.29 Å². The van der Waals surface area contributed by atoms with E-state index in [1.54, 1.807) is 0 Å². The van der Waals surface area contributed by atoms with Gasteiger partial charge in [-0.3, -0.25) is 13.9 Å². The molecule has 8 heteroatoms. The molecule has 0 atom stereocenters. The average molecular weight is 242 g/mol. The van der Waals surface area contributed by atoms with E-state index in [-0.39, 0.29) is 13.2 Å². The first kappa shape index (κ1) is 11.7. The maximum Gasteiger partial charge on any atom is 0.332 e. The van der Waals surface area contributed by atoms with Crippen molar-refractivity contribution < 1.29 is 10.2 Å². The Bertz CT molecular complexity index is 559. The molecule has 1 aromatic heterocycles. The number of hydrogen-bond donors (Lipinski definition) is 3. The number of aliphatic hydroxyl groups excluding tert-OH is 1. The van der Waals surface area contributed by atoms with Gasteiger partial charge in [0.2, 0.25) is 0 Å². The van der Waals surface area contributed by atoms with Gasteiger partial charge in [-0.15, -0.1) is 0 Å². The highest BCUT2D eigenvalue weighted by molar-refractivity contribution is 5.70. The minimum absolute atomic E-state index is 0.0690. The Labute approximate surface area is 96.3 Å². The van der Waals surface area contributed by atoms with Gasteiger partial charge in [0.1, 0.15) is 11.5 Å². The molecule has 0 fully saturated rings. The van der Waals surface area contributed by atoms with E-state index in [0.29, 0.717) is 11.5 Å². The predicted octanol–water partition coefficient (Wildman–Crippen LogP) is -2.42. The summed E-state index contributed by atoms with van der Waals surface area (Å²) in [6, 6.07) is 0. The second-order valence-electron chi connectivity index (χ2n) is 3.94. The minimum atomic E-state index is -1.53. The summed E-state index contributed by atoms with van der Waals surface area (Å²) < 4.78 is 2.31. The fraction of sp³-hybridized carbons (Fsp3) is 0.556. The molecule has 1 aromatic rings. The van der Waals surface area contributed by atoms with Crippen molar-refractivity contribution in [2.75, 3.05) is 23.4 Å². The lowest BCUT2D eigenvalue weighted by Gasteiger charge is -2.20. The molecule has 94 valence electrons. The quantitative estimate of drug-likeness (QED) is 0.499. The monoisotopic (exact) mass is 242 g/mol. The topological polar surface area (TPSA) is 99.7 Å². The predicted molar refractivity (Wildman–Crippen MR) is 61.0 cm³/mol. The molecule has 17 heavy (non-hydrogen) atoms. The van der Waals surface area contributed by atoms with Crippen molar-refractivity contribution >= 4 is 11.5 Å². The average Bonchev–Trinajstić information content (AvgIpc) is 2.66. The van der Waals surface area contributed by atoms with Gasteiger partial charge >= 0.3 is 5.69 Å². The summed E-state index contributed by atoms with van der Waals surface area (Å²) in [5.41, 5.74) is -0.567. The first-order valence-electron chi connectivity index (χ1n) is 5.08. The van der Waals surface area contributed by atoms with Crippen LogP contribution in [0.1, 0.15) is 0 Å². The second kappa shape index (κ2) is 3.90. The van der Waals surface area contributed by atoms with E-state index in [2.05, 4.69) is 5.32 Å². The van der Waals surface area contributed by atoms with E-state index in [1.807, 2.05) is 0 Å². The van der Waals surface area contributed by atoms with E-state index in [4.69, 9.17) is 10.2 Å². The highest BCUT2D eigenvalue weighted by Gasteiger charge is 2.27. The van der Waals surface area contributed by atoms with Crippen molar-refractivity contribution in [3.63, 3.8) is 0 Å². The van der Waals surface area contributed by atoms with E-state index in [0.717, 1.165) is 4.57 Å². The standard InChI is InChI=1S/C9H14N4O4/c1-11-7-6(8(16)12(2)9(11)17)10-4-13(7)3-5(14)15/h5,10,14-15H,3-4H2,1-2H3. The Kier molecular flexibility index (Phi) is 2.68. The summed E-state index contributed by atoms with van der Waals surface area (Å²) in [7, 11) is 2.93. The molecule has 0 unspecified atom stereocenters. The lowest BCUT2D eigenvalue weighted by atomic mass is 10.4. The lowest BCUT2D eigenvalue weighted by Crippen LogP contribution is -2.40. The van der Waals surface area contributed by atoms with Crippen LogP contribution >= 0.6 is 0 Å². The van der Waals surface area contributed by atoms with E-state index in [9.17, 15) is 9.59 Å². The van der Waals surface area contributed by atoms with Crippen LogP contribution in [0.15, 0.2) is 9.59 Å². The number of aromatic nitrogens is 2. The van der Waals surface area contributed by atoms with Gasteiger partial charge in [0.05, 0.1) is 13.2 Å². The number of hydrogen-bond acceptors (Lipinski definition) is 6. The molecular formula is C9H14N4O4. The molecule has 0 bridgehead atoms. The zero-order valence-corrected chi connectivity index (χ0v) is 9.54. The highest BCUT2D eigenvalue weighted by Crippen LogP contribution is 2.25. The van der Waals surface area contributed by atoms with Crippen molar-refractivity contribution in [3.05, 3.63) is 20.8 Å². The Hall–Kier alpha value is -1.80. The van der Waals surface area contributed by atoms with Gasteiger partial charge in [0.15, 0.2) is 6.29 Å². The zero-order valence-electron chi connectivity index (χ0n) is 9.54. The lowest BCUT2D eigenvalue weighted by molar-refractivity contribution is -0.0319. The number of anilines is 2. The Morgan fingerprint density at radius 1 is 1.29 bits per heavy atom. The van der Waals surface area contributed by atoms with Crippen LogP contribution in [0, 0.1) is 0 Å². The normalized spacial score (nSPS) is 14.1. The summed E-state index contributed by atoms with van der Waals surface area (Å²) in [5.74, 6) is 0.381. The number of fused-ring (bicyclic) bond motifs is 1. The van der Waals surface area contributed by atoms with Gasteiger partial charge < -0.3 is 20.4 Å². The van der Waals surface area contributed by atoms with E-state index < -0.39 is 17.5 Å². The van der Waals surface area contributed by atoms with Crippen molar-refractivity contribution in [3.8, 4) is 0 Å². The molecule has 0 aromatic carbocycles. The summed E-state index contributed by atoms with van der Waals surface area (Å²) in [6.07, 6.45) is -1.53. The van der Waals surface area contributed by atoms with Crippen LogP contribution in [0.3, 0.4) is 0 Å². The Balaban J connectivity index is 2.61. The number of β-amino-alcohol motifs (C(OH)–C–C–N with tert-alkyl or cyclic N) is 2. The Morgan fingerprint density at radius 2 is 1.94 bits per heavy atom. The summed E-state index contributed by atoms with van der Waals surface area (Å²) >= 11 is 0. The molecular weight excluding hydrogens is 228 g/mol. The van der Waals surface area contributed by atoms with E-state index >= 15 is 0 Å². The first-order valence-corrected chi connectivity index (χ1v) is 5.08. The molecule has 2 heterocycles. The molecule has 3 N–H and O–H groups in total. The van der Waals surface area contributed by atoms with Crippen LogP contribution in [-0.4, -0.2) is 38.9 Å². The fourth-order valence-electron chi connectivity index (χ4n) is 1.96. The number of aliphatic hydroxyl groups is 2. The molecule has 0 amide bonds. The van der Waals surface area contributed by atoms with Crippen molar-refractivity contribution in [2.24, 2.45) is 14.1 Å². The van der Waals surface area contributed by atoms with Crippen LogP contribution < -0.4 is 21.5 Å². The molecule has 0 radical (unpaired) electrons. The maximum atomic E-state index is 11.8. The van der Waals surface area contributed by atoms with Crippen LogP contribution in [0.2, 0.25) is 0 Å².